The Morgan fingerprint density at radius 2 is 2.28 bits per heavy atom. The molecule has 1 aromatic heterocycles. The highest BCUT2D eigenvalue weighted by Gasteiger charge is 2.10. The largest absolute Gasteiger partial charge is 0.381 e. The number of hydrogen-bond acceptors (Lipinski definition) is 3. The van der Waals surface area contributed by atoms with Crippen molar-refractivity contribution in [2.75, 3.05) is 0 Å². The predicted octanol–water partition coefficient (Wildman–Crippen LogP) is 3.06. The van der Waals surface area contributed by atoms with Crippen molar-refractivity contribution in [1.82, 2.24) is 4.98 Å². The second kappa shape index (κ2) is 5.27. The molecule has 0 fully saturated rings. The molecule has 5 heteroatoms. The van der Waals surface area contributed by atoms with Crippen LogP contribution in [-0.2, 0) is 0 Å². The number of rotatable bonds is 3. The quantitative estimate of drug-likeness (QED) is 0.683. The van der Waals surface area contributed by atoms with Crippen LogP contribution in [0.15, 0.2) is 34.8 Å². The van der Waals surface area contributed by atoms with E-state index in [2.05, 4.69) is 9.98 Å². The van der Waals surface area contributed by atoms with Gasteiger partial charge in [0.2, 0.25) is 0 Å². The molecule has 18 heavy (non-hydrogen) atoms. The molecule has 0 amide bonds. The van der Waals surface area contributed by atoms with E-state index < -0.39 is 0 Å². The highest BCUT2D eigenvalue weighted by molar-refractivity contribution is 7.11. The Hall–Kier alpha value is -1.75. The summed E-state index contributed by atoms with van der Waals surface area (Å²) in [6, 6.07) is 4.57. The van der Waals surface area contributed by atoms with Gasteiger partial charge in [0.15, 0.2) is 10.8 Å². The molecule has 0 saturated heterocycles. The molecule has 2 aromatic rings. The Morgan fingerprint density at radius 1 is 1.50 bits per heavy atom. The Bertz CT molecular complexity index is 564. The molecular weight excluding hydrogens is 249 g/mol. The van der Waals surface area contributed by atoms with Crippen LogP contribution in [0.2, 0.25) is 0 Å². The second-order valence-corrected chi connectivity index (χ2v) is 4.92. The molecule has 1 atom stereocenters. The summed E-state index contributed by atoms with van der Waals surface area (Å²) in [7, 11) is 0. The lowest BCUT2D eigenvalue weighted by Crippen LogP contribution is -2.14. The summed E-state index contributed by atoms with van der Waals surface area (Å²) < 4.78 is 13.0. The third-order valence-electron chi connectivity index (χ3n) is 2.67. The third kappa shape index (κ3) is 2.73. The first-order chi connectivity index (χ1) is 8.58. The summed E-state index contributed by atoms with van der Waals surface area (Å²) in [5.74, 6) is 0.182. The number of hydrogen-bond donors (Lipinski definition) is 1. The van der Waals surface area contributed by atoms with Crippen molar-refractivity contribution in [3.05, 3.63) is 51.7 Å². The minimum absolute atomic E-state index is 0.116. The van der Waals surface area contributed by atoms with Crippen molar-refractivity contribution in [2.45, 2.75) is 19.9 Å². The standard InChI is InChI=1S/C13H14FN3S/c1-8-7-10(14)3-4-11(8)9(2)17-12(15)13-16-5-6-18-13/h3-7,9H,1-2H3,(H2,15,17)/t9-/m1/s1. The summed E-state index contributed by atoms with van der Waals surface area (Å²) in [6.45, 7) is 3.80. The molecule has 0 aliphatic carbocycles. The van der Waals surface area contributed by atoms with Crippen molar-refractivity contribution in [1.29, 1.82) is 0 Å². The first kappa shape index (κ1) is 12.7. The van der Waals surface area contributed by atoms with Gasteiger partial charge in [0.25, 0.3) is 0 Å². The molecule has 0 radical (unpaired) electrons. The van der Waals surface area contributed by atoms with Crippen LogP contribution in [0.25, 0.3) is 0 Å². The molecule has 94 valence electrons. The van der Waals surface area contributed by atoms with Gasteiger partial charge in [-0.1, -0.05) is 6.07 Å². The predicted molar refractivity (Wildman–Crippen MR) is 72.4 cm³/mol. The molecule has 2 rings (SSSR count). The molecule has 0 bridgehead atoms. The SMILES string of the molecule is Cc1cc(F)ccc1[C@@H](C)N=C(N)c1nccs1. The molecule has 1 aromatic carbocycles. The normalized spacial score (nSPS) is 13.6. The Balaban J connectivity index is 2.26. The van der Waals surface area contributed by atoms with Crippen molar-refractivity contribution in [2.24, 2.45) is 10.7 Å². The van der Waals surface area contributed by atoms with Gasteiger partial charge >= 0.3 is 0 Å². The summed E-state index contributed by atoms with van der Waals surface area (Å²) in [5.41, 5.74) is 7.72. The summed E-state index contributed by atoms with van der Waals surface area (Å²) in [4.78, 5) is 8.50. The summed E-state index contributed by atoms with van der Waals surface area (Å²) in [6.07, 6.45) is 1.69. The van der Waals surface area contributed by atoms with Gasteiger partial charge < -0.3 is 5.73 Å². The van der Waals surface area contributed by atoms with Gasteiger partial charge in [0.05, 0.1) is 6.04 Å². The lowest BCUT2D eigenvalue weighted by atomic mass is 10.0. The van der Waals surface area contributed by atoms with Crippen molar-refractivity contribution >= 4 is 17.2 Å². The topological polar surface area (TPSA) is 51.3 Å². The zero-order valence-corrected chi connectivity index (χ0v) is 11.0. The zero-order valence-electron chi connectivity index (χ0n) is 10.2. The van der Waals surface area contributed by atoms with Crippen LogP contribution in [-0.4, -0.2) is 10.8 Å². The molecule has 0 aliphatic rings. The molecule has 3 nitrogen and oxygen atoms in total. The monoisotopic (exact) mass is 263 g/mol. The van der Waals surface area contributed by atoms with Crippen LogP contribution in [0.1, 0.15) is 29.1 Å². The van der Waals surface area contributed by atoms with E-state index in [0.29, 0.717) is 10.8 Å². The fraction of sp³-hybridized carbons (Fsp3) is 0.231. The Morgan fingerprint density at radius 3 is 2.89 bits per heavy atom. The lowest BCUT2D eigenvalue weighted by Gasteiger charge is -2.11. The molecule has 2 N–H and O–H groups in total. The van der Waals surface area contributed by atoms with E-state index in [1.54, 1.807) is 12.3 Å². The van der Waals surface area contributed by atoms with Gasteiger partial charge in [-0.25, -0.2) is 9.37 Å². The van der Waals surface area contributed by atoms with E-state index in [0.717, 1.165) is 11.1 Å². The van der Waals surface area contributed by atoms with Crippen molar-refractivity contribution < 1.29 is 4.39 Å². The van der Waals surface area contributed by atoms with Crippen LogP contribution >= 0.6 is 11.3 Å². The molecule has 1 heterocycles. The number of aryl methyl sites for hydroxylation is 1. The molecule has 0 unspecified atom stereocenters. The van der Waals surface area contributed by atoms with E-state index in [1.807, 2.05) is 19.2 Å². The smallest absolute Gasteiger partial charge is 0.157 e. The summed E-state index contributed by atoms with van der Waals surface area (Å²) >= 11 is 1.45. The number of aromatic nitrogens is 1. The Kier molecular flexibility index (Phi) is 3.72. The number of amidine groups is 1. The molecule has 0 saturated carbocycles. The zero-order chi connectivity index (χ0) is 13.1. The highest BCUT2D eigenvalue weighted by atomic mass is 32.1. The molecule has 0 spiro atoms. The van der Waals surface area contributed by atoms with Gasteiger partial charge in [-0.3, -0.25) is 4.99 Å². The number of nitrogens with two attached hydrogens (primary N) is 1. The van der Waals surface area contributed by atoms with Gasteiger partial charge in [-0.2, -0.15) is 0 Å². The number of thiazole rings is 1. The maximum Gasteiger partial charge on any atom is 0.157 e. The first-order valence-corrected chi connectivity index (χ1v) is 6.45. The minimum Gasteiger partial charge on any atom is -0.381 e. The van der Waals surface area contributed by atoms with E-state index in [4.69, 9.17) is 5.73 Å². The third-order valence-corrected chi connectivity index (χ3v) is 3.46. The van der Waals surface area contributed by atoms with E-state index >= 15 is 0 Å². The van der Waals surface area contributed by atoms with Gasteiger partial charge in [-0.05, 0) is 37.1 Å². The maximum atomic E-state index is 13.0. The summed E-state index contributed by atoms with van der Waals surface area (Å²) in [5, 5.41) is 2.56. The average Bonchev–Trinajstić information content (AvgIpc) is 2.81. The highest BCUT2D eigenvalue weighted by Crippen LogP contribution is 2.22. The van der Waals surface area contributed by atoms with Crippen LogP contribution in [0.3, 0.4) is 0 Å². The fourth-order valence-electron chi connectivity index (χ4n) is 1.79. The number of aliphatic imine (C=N–C) groups is 1. The van der Waals surface area contributed by atoms with Crippen LogP contribution in [0, 0.1) is 12.7 Å². The van der Waals surface area contributed by atoms with Gasteiger partial charge in [0.1, 0.15) is 5.82 Å². The number of nitrogens with zero attached hydrogens (tertiary/aromatic N) is 2. The van der Waals surface area contributed by atoms with E-state index in [9.17, 15) is 4.39 Å². The van der Waals surface area contributed by atoms with Crippen molar-refractivity contribution in [3.63, 3.8) is 0 Å². The number of halogens is 1. The number of benzene rings is 1. The first-order valence-electron chi connectivity index (χ1n) is 5.57. The van der Waals surface area contributed by atoms with E-state index in [-0.39, 0.29) is 11.9 Å². The van der Waals surface area contributed by atoms with Gasteiger partial charge in [-0.15, -0.1) is 11.3 Å². The Labute approximate surface area is 109 Å². The van der Waals surface area contributed by atoms with Crippen LogP contribution in [0.5, 0.6) is 0 Å². The van der Waals surface area contributed by atoms with Crippen LogP contribution in [0.4, 0.5) is 4.39 Å². The van der Waals surface area contributed by atoms with E-state index in [1.165, 1.54) is 23.5 Å². The second-order valence-electron chi connectivity index (χ2n) is 4.03. The fourth-order valence-corrected chi connectivity index (χ4v) is 2.34. The van der Waals surface area contributed by atoms with Crippen molar-refractivity contribution in [3.8, 4) is 0 Å². The minimum atomic E-state index is -0.236. The van der Waals surface area contributed by atoms with Gasteiger partial charge in [0, 0.05) is 11.6 Å². The molecular formula is C13H14FN3S. The van der Waals surface area contributed by atoms with Crippen LogP contribution < -0.4 is 5.73 Å². The maximum absolute atomic E-state index is 13.0. The molecule has 0 aliphatic heterocycles. The lowest BCUT2D eigenvalue weighted by molar-refractivity contribution is 0.624. The average molecular weight is 263 g/mol.